The van der Waals surface area contributed by atoms with Gasteiger partial charge in [0.05, 0.1) is 6.54 Å². The van der Waals surface area contributed by atoms with Crippen LogP contribution < -0.4 is 10.6 Å². The summed E-state index contributed by atoms with van der Waals surface area (Å²) in [5.74, 6) is 1.20. The van der Waals surface area contributed by atoms with Crippen LogP contribution in [0.4, 0.5) is 0 Å². The van der Waals surface area contributed by atoms with Gasteiger partial charge in [0.2, 0.25) is 0 Å². The second-order valence-corrected chi connectivity index (χ2v) is 7.37. The van der Waals surface area contributed by atoms with Crippen molar-refractivity contribution in [1.29, 1.82) is 0 Å². The van der Waals surface area contributed by atoms with Crippen molar-refractivity contribution < 1.29 is 5.11 Å². The largest absolute Gasteiger partial charge is 0.508 e. The van der Waals surface area contributed by atoms with Gasteiger partial charge in [0.15, 0.2) is 5.96 Å². The van der Waals surface area contributed by atoms with Gasteiger partial charge in [-0.05, 0) is 57.6 Å². The quantitative estimate of drug-likeness (QED) is 0.391. The molecule has 1 aromatic carbocycles. The summed E-state index contributed by atoms with van der Waals surface area (Å²) in [7, 11) is 0. The molecule has 0 heterocycles. The molecule has 0 atom stereocenters. The number of hydrogen-bond donors (Lipinski definition) is 3. The van der Waals surface area contributed by atoms with Gasteiger partial charge in [0, 0.05) is 17.8 Å². The molecule has 3 N–H and O–H groups in total. The molecule has 0 aromatic heterocycles. The molecule has 0 aliphatic carbocycles. The van der Waals surface area contributed by atoms with Crippen LogP contribution in [0, 0.1) is 0 Å². The van der Waals surface area contributed by atoms with E-state index in [4.69, 9.17) is 0 Å². The minimum atomic E-state index is 0.161. The fourth-order valence-electron chi connectivity index (χ4n) is 1.84. The van der Waals surface area contributed by atoms with Crippen molar-refractivity contribution in [3.63, 3.8) is 0 Å². The third-order valence-electron chi connectivity index (χ3n) is 3.39. The van der Waals surface area contributed by atoms with Crippen molar-refractivity contribution in [2.75, 3.05) is 25.9 Å². The van der Waals surface area contributed by atoms with Crippen molar-refractivity contribution in [1.82, 2.24) is 10.6 Å². The van der Waals surface area contributed by atoms with E-state index in [1.807, 2.05) is 23.9 Å². The van der Waals surface area contributed by atoms with Crippen LogP contribution in [0.3, 0.4) is 0 Å². The van der Waals surface area contributed by atoms with E-state index in [1.54, 1.807) is 12.1 Å². The molecule has 0 fully saturated rings. The molecule has 0 radical (unpaired) electrons. The minimum Gasteiger partial charge on any atom is -0.508 e. The number of aryl methyl sites for hydroxylation is 1. The molecule has 124 valence electrons. The number of rotatable bonds is 8. The van der Waals surface area contributed by atoms with Gasteiger partial charge >= 0.3 is 0 Å². The highest BCUT2D eigenvalue weighted by molar-refractivity contribution is 7.99. The van der Waals surface area contributed by atoms with Crippen LogP contribution in [0.15, 0.2) is 29.3 Å². The van der Waals surface area contributed by atoms with Crippen LogP contribution in [0.25, 0.3) is 0 Å². The molecule has 1 rings (SSSR count). The fourth-order valence-corrected chi connectivity index (χ4v) is 2.03. The van der Waals surface area contributed by atoms with Crippen LogP contribution in [0.5, 0.6) is 5.75 Å². The molecule has 5 heteroatoms. The van der Waals surface area contributed by atoms with E-state index in [0.29, 0.717) is 5.75 Å². The molecule has 0 bridgehead atoms. The van der Waals surface area contributed by atoms with Crippen LogP contribution in [0.1, 0.15) is 32.8 Å². The van der Waals surface area contributed by atoms with E-state index < -0.39 is 0 Å². The number of benzene rings is 1. The SMILES string of the molecule is CCNC(=NCC(C)(C)SC)NCCCc1ccc(O)cc1. The first-order chi connectivity index (χ1) is 10.5. The molecule has 4 nitrogen and oxygen atoms in total. The fraction of sp³-hybridized carbons (Fsp3) is 0.588. The maximum atomic E-state index is 9.27. The highest BCUT2D eigenvalue weighted by atomic mass is 32.2. The lowest BCUT2D eigenvalue weighted by molar-refractivity contribution is 0.475. The third kappa shape index (κ3) is 7.59. The standard InChI is InChI=1S/C17H29N3OS/c1-5-18-16(20-13-17(2,3)22-4)19-12-6-7-14-8-10-15(21)11-9-14/h8-11,21H,5-7,12-13H2,1-4H3,(H2,18,19,20). The Labute approximate surface area is 138 Å². The van der Waals surface area contributed by atoms with Gasteiger partial charge in [-0.3, -0.25) is 4.99 Å². The maximum Gasteiger partial charge on any atom is 0.191 e. The van der Waals surface area contributed by atoms with Gasteiger partial charge in [0.25, 0.3) is 0 Å². The van der Waals surface area contributed by atoms with E-state index >= 15 is 0 Å². The summed E-state index contributed by atoms with van der Waals surface area (Å²) in [6.07, 6.45) is 4.14. The van der Waals surface area contributed by atoms with E-state index in [1.165, 1.54) is 5.56 Å². The number of nitrogens with zero attached hydrogens (tertiary/aromatic N) is 1. The average Bonchev–Trinajstić information content (AvgIpc) is 2.51. The summed E-state index contributed by atoms with van der Waals surface area (Å²) in [5.41, 5.74) is 1.24. The number of guanidine groups is 1. The predicted molar refractivity (Wildman–Crippen MR) is 98.0 cm³/mol. The van der Waals surface area contributed by atoms with Gasteiger partial charge in [0.1, 0.15) is 5.75 Å². The first kappa shape index (κ1) is 18.7. The number of hydrogen-bond acceptors (Lipinski definition) is 3. The first-order valence-electron chi connectivity index (χ1n) is 7.82. The summed E-state index contributed by atoms with van der Waals surface area (Å²) in [4.78, 5) is 4.65. The van der Waals surface area contributed by atoms with Crippen molar-refractivity contribution >= 4 is 17.7 Å². The second-order valence-electron chi connectivity index (χ2n) is 5.86. The molecular formula is C17H29N3OS. The molecule has 0 saturated carbocycles. The van der Waals surface area contributed by atoms with Crippen molar-refractivity contribution in [3.8, 4) is 5.75 Å². The van der Waals surface area contributed by atoms with Gasteiger partial charge in [-0.25, -0.2) is 0 Å². The number of phenolic OH excluding ortho intramolecular Hbond substituents is 1. The number of aliphatic imine (C=N–C) groups is 1. The summed E-state index contributed by atoms with van der Waals surface area (Å²) < 4.78 is 0.161. The van der Waals surface area contributed by atoms with E-state index in [-0.39, 0.29) is 4.75 Å². The predicted octanol–water partition coefficient (Wildman–Crippen LogP) is 3.02. The molecule has 0 spiro atoms. The van der Waals surface area contributed by atoms with E-state index in [0.717, 1.165) is 38.4 Å². The topological polar surface area (TPSA) is 56.7 Å². The van der Waals surface area contributed by atoms with Crippen molar-refractivity contribution in [3.05, 3.63) is 29.8 Å². The Morgan fingerprint density at radius 3 is 2.50 bits per heavy atom. The van der Waals surface area contributed by atoms with Gasteiger partial charge < -0.3 is 15.7 Å². The smallest absolute Gasteiger partial charge is 0.191 e. The highest BCUT2D eigenvalue weighted by Gasteiger charge is 2.15. The van der Waals surface area contributed by atoms with E-state index in [2.05, 4.69) is 42.7 Å². The van der Waals surface area contributed by atoms with Crippen LogP contribution in [-0.4, -0.2) is 41.7 Å². The van der Waals surface area contributed by atoms with Crippen LogP contribution in [0.2, 0.25) is 0 Å². The molecule has 0 saturated heterocycles. The lowest BCUT2D eigenvalue weighted by Gasteiger charge is -2.20. The summed E-state index contributed by atoms with van der Waals surface area (Å²) in [5, 5.41) is 15.9. The summed E-state index contributed by atoms with van der Waals surface area (Å²) in [6.45, 7) is 9.02. The lowest BCUT2D eigenvalue weighted by atomic mass is 10.1. The molecule has 0 aliphatic rings. The second kappa shape index (κ2) is 9.62. The Bertz CT molecular complexity index is 457. The van der Waals surface area contributed by atoms with Crippen molar-refractivity contribution in [2.24, 2.45) is 4.99 Å². The lowest BCUT2D eigenvalue weighted by Crippen LogP contribution is -2.39. The summed E-state index contributed by atoms with van der Waals surface area (Å²) >= 11 is 1.83. The maximum absolute atomic E-state index is 9.27. The normalized spacial score (nSPS) is 12.3. The molecule has 22 heavy (non-hydrogen) atoms. The number of nitrogens with one attached hydrogen (secondary N) is 2. The highest BCUT2D eigenvalue weighted by Crippen LogP contribution is 2.20. The zero-order valence-corrected chi connectivity index (χ0v) is 15.0. The Kier molecular flexibility index (Phi) is 8.17. The number of thioether (sulfide) groups is 1. The summed E-state index contributed by atoms with van der Waals surface area (Å²) in [6, 6.07) is 7.41. The van der Waals surface area contributed by atoms with Gasteiger partial charge in [-0.15, -0.1) is 0 Å². The monoisotopic (exact) mass is 323 g/mol. The molecule has 0 aliphatic heterocycles. The zero-order valence-electron chi connectivity index (χ0n) is 14.1. The van der Waals surface area contributed by atoms with Crippen LogP contribution in [-0.2, 0) is 6.42 Å². The van der Waals surface area contributed by atoms with E-state index in [9.17, 15) is 5.11 Å². The first-order valence-corrected chi connectivity index (χ1v) is 9.04. The molecule has 0 unspecified atom stereocenters. The third-order valence-corrected chi connectivity index (χ3v) is 4.62. The Morgan fingerprint density at radius 2 is 1.91 bits per heavy atom. The molecule has 1 aromatic rings. The van der Waals surface area contributed by atoms with Crippen molar-refractivity contribution in [2.45, 2.75) is 38.4 Å². The van der Waals surface area contributed by atoms with Crippen LogP contribution >= 0.6 is 11.8 Å². The number of phenols is 1. The minimum absolute atomic E-state index is 0.161. The Balaban J connectivity index is 2.37. The molecular weight excluding hydrogens is 294 g/mol. The van der Waals surface area contributed by atoms with Gasteiger partial charge in [-0.1, -0.05) is 12.1 Å². The average molecular weight is 324 g/mol. The number of aromatic hydroxyl groups is 1. The van der Waals surface area contributed by atoms with Gasteiger partial charge in [-0.2, -0.15) is 11.8 Å². The zero-order chi connectivity index (χ0) is 16.4. The Hall–Kier alpha value is -1.36. The molecule has 0 amide bonds. The Morgan fingerprint density at radius 1 is 1.23 bits per heavy atom.